The van der Waals surface area contributed by atoms with Crippen molar-refractivity contribution in [1.29, 1.82) is 0 Å². The van der Waals surface area contributed by atoms with Crippen molar-refractivity contribution < 1.29 is 4.52 Å². The molecule has 0 bridgehead atoms. The van der Waals surface area contributed by atoms with Crippen LogP contribution in [-0.2, 0) is 6.42 Å². The second-order valence-electron chi connectivity index (χ2n) is 4.43. The molecular weight excluding hydrogens is 188 g/mol. The summed E-state index contributed by atoms with van der Waals surface area (Å²) in [5.41, 5.74) is 6.88. The monoisotopic (exact) mass is 208 g/mol. The van der Waals surface area contributed by atoms with Gasteiger partial charge in [-0.25, -0.2) is 0 Å². The van der Waals surface area contributed by atoms with Crippen LogP contribution in [0.2, 0.25) is 0 Å². The number of nitrogens with two attached hydrogens (primary N) is 1. The summed E-state index contributed by atoms with van der Waals surface area (Å²) >= 11 is 0. The number of rotatable bonds is 3. The molecule has 0 atom stereocenters. The van der Waals surface area contributed by atoms with Gasteiger partial charge in [-0.15, -0.1) is 0 Å². The minimum atomic E-state index is 0.648. The maximum absolute atomic E-state index is 5.56. The van der Waals surface area contributed by atoms with Gasteiger partial charge in [-0.05, 0) is 25.3 Å². The van der Waals surface area contributed by atoms with Crippen molar-refractivity contribution >= 4 is 0 Å². The van der Waals surface area contributed by atoms with E-state index >= 15 is 0 Å². The smallest absolute Gasteiger partial charge is 0.141 e. The minimum Gasteiger partial charge on any atom is -0.361 e. The van der Waals surface area contributed by atoms with E-state index in [1.807, 2.05) is 6.20 Å². The summed E-state index contributed by atoms with van der Waals surface area (Å²) in [5.74, 6) is 1.68. The Hall–Kier alpha value is -0.830. The summed E-state index contributed by atoms with van der Waals surface area (Å²) in [6.07, 6.45) is 10.8. The molecule has 1 aliphatic rings. The molecule has 0 saturated heterocycles. The van der Waals surface area contributed by atoms with Gasteiger partial charge in [0.15, 0.2) is 0 Å². The predicted molar refractivity (Wildman–Crippen MR) is 59.7 cm³/mol. The topological polar surface area (TPSA) is 52.0 Å². The van der Waals surface area contributed by atoms with Crippen LogP contribution in [0.3, 0.4) is 0 Å². The van der Waals surface area contributed by atoms with E-state index in [1.54, 1.807) is 0 Å². The Morgan fingerprint density at radius 3 is 2.67 bits per heavy atom. The summed E-state index contributed by atoms with van der Waals surface area (Å²) in [6.45, 7) is 0.648. The number of aromatic nitrogens is 1. The van der Waals surface area contributed by atoms with Crippen LogP contribution in [0, 0.1) is 0 Å². The van der Waals surface area contributed by atoms with Gasteiger partial charge in [0.25, 0.3) is 0 Å². The van der Waals surface area contributed by atoms with Crippen LogP contribution in [0.5, 0.6) is 0 Å². The van der Waals surface area contributed by atoms with Crippen LogP contribution in [0.15, 0.2) is 10.7 Å². The summed E-state index contributed by atoms with van der Waals surface area (Å²) in [7, 11) is 0. The van der Waals surface area contributed by atoms with Gasteiger partial charge in [0.2, 0.25) is 0 Å². The molecule has 3 nitrogen and oxygen atoms in total. The van der Waals surface area contributed by atoms with Crippen LogP contribution < -0.4 is 5.73 Å². The van der Waals surface area contributed by atoms with Crippen molar-refractivity contribution in [3.8, 4) is 0 Å². The zero-order valence-electron chi connectivity index (χ0n) is 9.24. The standard InChI is InChI=1S/C12H20N2O/c13-8-7-12-11(9-14-15-12)10-5-3-1-2-4-6-10/h9-10H,1-8,13H2. The lowest BCUT2D eigenvalue weighted by molar-refractivity contribution is 0.380. The molecule has 1 saturated carbocycles. The zero-order valence-corrected chi connectivity index (χ0v) is 9.24. The Bertz CT molecular complexity index is 288. The first-order valence-electron chi connectivity index (χ1n) is 6.05. The molecule has 0 aromatic carbocycles. The van der Waals surface area contributed by atoms with E-state index in [1.165, 1.54) is 44.1 Å². The Balaban J connectivity index is 2.08. The highest BCUT2D eigenvalue weighted by atomic mass is 16.5. The molecule has 0 radical (unpaired) electrons. The molecule has 0 spiro atoms. The highest BCUT2D eigenvalue weighted by Gasteiger charge is 2.19. The third kappa shape index (κ3) is 2.59. The molecule has 3 heteroatoms. The second-order valence-corrected chi connectivity index (χ2v) is 4.43. The van der Waals surface area contributed by atoms with Crippen LogP contribution >= 0.6 is 0 Å². The van der Waals surface area contributed by atoms with Gasteiger partial charge >= 0.3 is 0 Å². The van der Waals surface area contributed by atoms with E-state index in [4.69, 9.17) is 10.3 Å². The summed E-state index contributed by atoms with van der Waals surface area (Å²) in [6, 6.07) is 0. The van der Waals surface area contributed by atoms with Crippen molar-refractivity contribution in [2.24, 2.45) is 5.73 Å². The molecule has 0 aliphatic heterocycles. The number of hydrogen-bond acceptors (Lipinski definition) is 3. The fourth-order valence-corrected chi connectivity index (χ4v) is 2.52. The molecular formula is C12H20N2O. The summed E-state index contributed by atoms with van der Waals surface area (Å²) < 4.78 is 5.27. The molecule has 1 fully saturated rings. The molecule has 2 rings (SSSR count). The number of nitrogens with zero attached hydrogens (tertiary/aromatic N) is 1. The van der Waals surface area contributed by atoms with E-state index in [0.717, 1.165) is 12.2 Å². The van der Waals surface area contributed by atoms with E-state index in [2.05, 4.69) is 5.16 Å². The van der Waals surface area contributed by atoms with Crippen LogP contribution in [0.25, 0.3) is 0 Å². The molecule has 0 amide bonds. The Labute approximate surface area is 91.0 Å². The van der Waals surface area contributed by atoms with Gasteiger partial charge < -0.3 is 10.3 Å². The fourth-order valence-electron chi connectivity index (χ4n) is 2.52. The van der Waals surface area contributed by atoms with E-state index in [-0.39, 0.29) is 0 Å². The van der Waals surface area contributed by atoms with Gasteiger partial charge in [-0.3, -0.25) is 0 Å². The Morgan fingerprint density at radius 2 is 2.00 bits per heavy atom. The number of hydrogen-bond donors (Lipinski definition) is 1. The van der Waals surface area contributed by atoms with Gasteiger partial charge in [0.1, 0.15) is 5.76 Å². The first kappa shape index (κ1) is 10.7. The van der Waals surface area contributed by atoms with Crippen molar-refractivity contribution in [2.75, 3.05) is 6.54 Å². The van der Waals surface area contributed by atoms with Crippen molar-refractivity contribution in [3.63, 3.8) is 0 Å². The van der Waals surface area contributed by atoms with Crippen LogP contribution in [0.4, 0.5) is 0 Å². The fraction of sp³-hybridized carbons (Fsp3) is 0.750. The quantitative estimate of drug-likeness (QED) is 0.777. The lowest BCUT2D eigenvalue weighted by atomic mass is 9.92. The first-order valence-corrected chi connectivity index (χ1v) is 6.05. The van der Waals surface area contributed by atoms with Gasteiger partial charge in [0.05, 0.1) is 6.20 Å². The molecule has 1 aromatic rings. The molecule has 2 N–H and O–H groups in total. The van der Waals surface area contributed by atoms with Crippen LogP contribution in [-0.4, -0.2) is 11.7 Å². The third-order valence-electron chi connectivity index (χ3n) is 3.34. The van der Waals surface area contributed by atoms with Crippen molar-refractivity contribution in [2.45, 2.75) is 50.9 Å². The van der Waals surface area contributed by atoms with Crippen molar-refractivity contribution in [3.05, 3.63) is 17.5 Å². The SMILES string of the molecule is NCCc1oncc1C1CCCCCC1. The summed E-state index contributed by atoms with van der Waals surface area (Å²) in [5, 5.41) is 3.92. The van der Waals surface area contributed by atoms with Crippen molar-refractivity contribution in [1.82, 2.24) is 5.16 Å². The average Bonchev–Trinajstić information content (AvgIpc) is 2.53. The van der Waals surface area contributed by atoms with E-state index < -0.39 is 0 Å². The van der Waals surface area contributed by atoms with Gasteiger partial charge in [0, 0.05) is 12.0 Å². The molecule has 1 aliphatic carbocycles. The highest BCUT2D eigenvalue weighted by molar-refractivity contribution is 5.19. The molecule has 15 heavy (non-hydrogen) atoms. The maximum Gasteiger partial charge on any atom is 0.141 e. The zero-order chi connectivity index (χ0) is 10.5. The Kier molecular flexibility index (Phi) is 3.78. The van der Waals surface area contributed by atoms with E-state index in [0.29, 0.717) is 12.5 Å². The first-order chi connectivity index (χ1) is 7.42. The predicted octanol–water partition coefficient (Wildman–Crippen LogP) is 2.61. The van der Waals surface area contributed by atoms with Gasteiger partial charge in [-0.1, -0.05) is 30.8 Å². The maximum atomic E-state index is 5.56. The highest BCUT2D eigenvalue weighted by Crippen LogP contribution is 2.33. The minimum absolute atomic E-state index is 0.648. The third-order valence-corrected chi connectivity index (χ3v) is 3.34. The lowest BCUT2D eigenvalue weighted by Crippen LogP contribution is -2.06. The average molecular weight is 208 g/mol. The van der Waals surface area contributed by atoms with Gasteiger partial charge in [-0.2, -0.15) is 0 Å². The summed E-state index contributed by atoms with van der Waals surface area (Å²) in [4.78, 5) is 0. The Morgan fingerprint density at radius 1 is 1.27 bits per heavy atom. The second kappa shape index (κ2) is 5.31. The molecule has 1 aromatic heterocycles. The lowest BCUT2D eigenvalue weighted by Gasteiger charge is -2.12. The van der Waals surface area contributed by atoms with E-state index in [9.17, 15) is 0 Å². The molecule has 0 unspecified atom stereocenters. The molecule has 84 valence electrons. The normalized spacial score (nSPS) is 19.0. The van der Waals surface area contributed by atoms with Crippen LogP contribution in [0.1, 0.15) is 55.8 Å². The molecule has 1 heterocycles. The largest absolute Gasteiger partial charge is 0.361 e.